The molecule has 0 saturated heterocycles. The summed E-state index contributed by atoms with van der Waals surface area (Å²) in [6, 6.07) is 12.2. The van der Waals surface area contributed by atoms with Gasteiger partial charge in [0.25, 0.3) is 0 Å². The molecule has 0 aliphatic carbocycles. The lowest BCUT2D eigenvalue weighted by Gasteiger charge is -2.14. The number of aryl methyl sites for hydroxylation is 1. The van der Waals surface area contributed by atoms with Gasteiger partial charge in [0.2, 0.25) is 11.8 Å². The highest BCUT2D eigenvalue weighted by atomic mass is 35.5. The second kappa shape index (κ2) is 12.2. The SMILES string of the molecule is Cc1cnc(Oc2ccc(NC(=O)/C=C/CN(C)C)cc2)c(NSc2ccc(Cl)c(C(F)(F)F)c2)c1. The van der Waals surface area contributed by atoms with Crippen molar-refractivity contribution in [2.45, 2.75) is 18.0 Å². The molecule has 0 atom stereocenters. The second-order valence-electron chi connectivity index (χ2n) is 7.99. The van der Waals surface area contributed by atoms with Crippen LogP contribution in [-0.2, 0) is 11.0 Å². The molecule has 1 amide bonds. The number of hydrogen-bond acceptors (Lipinski definition) is 6. The van der Waals surface area contributed by atoms with Gasteiger partial charge in [0.15, 0.2) is 0 Å². The van der Waals surface area contributed by atoms with Crippen molar-refractivity contribution in [2.75, 3.05) is 30.7 Å². The van der Waals surface area contributed by atoms with Crippen LogP contribution in [0.1, 0.15) is 11.1 Å². The lowest BCUT2D eigenvalue weighted by molar-refractivity contribution is -0.137. The first-order chi connectivity index (χ1) is 17.0. The van der Waals surface area contributed by atoms with Gasteiger partial charge < -0.3 is 19.7 Å². The number of aromatic nitrogens is 1. The molecule has 2 N–H and O–H groups in total. The number of rotatable bonds is 9. The minimum atomic E-state index is -4.55. The van der Waals surface area contributed by atoms with Gasteiger partial charge in [-0.15, -0.1) is 0 Å². The number of benzene rings is 2. The summed E-state index contributed by atoms with van der Waals surface area (Å²) in [5.41, 5.74) is 0.996. The van der Waals surface area contributed by atoms with Gasteiger partial charge in [-0.2, -0.15) is 13.2 Å². The highest BCUT2D eigenvalue weighted by molar-refractivity contribution is 8.00. The number of alkyl halides is 3. The zero-order valence-corrected chi connectivity index (χ0v) is 21.3. The first kappa shape index (κ1) is 27.4. The molecule has 0 unspecified atom stereocenters. The second-order valence-corrected chi connectivity index (χ2v) is 9.28. The van der Waals surface area contributed by atoms with Crippen LogP contribution >= 0.6 is 23.5 Å². The fourth-order valence-electron chi connectivity index (χ4n) is 2.88. The molecule has 0 aliphatic rings. The van der Waals surface area contributed by atoms with Gasteiger partial charge in [0.05, 0.1) is 10.6 Å². The first-order valence-electron chi connectivity index (χ1n) is 10.7. The standard InChI is InChI=1S/C25H24ClF3N4O2S/c1-16-13-22(32-36-19-10-11-21(26)20(14-19)25(27,28)29)24(30-15-16)35-18-8-6-17(7-9-18)31-23(34)5-4-12-33(2)3/h4-11,13-15,32H,12H2,1-3H3,(H,31,34)/b5-4+. The maximum atomic E-state index is 13.2. The van der Waals surface area contributed by atoms with E-state index in [0.29, 0.717) is 28.6 Å². The van der Waals surface area contributed by atoms with Crippen molar-refractivity contribution < 1.29 is 22.7 Å². The minimum absolute atomic E-state index is 0.238. The number of ether oxygens (including phenoxy) is 1. The summed E-state index contributed by atoms with van der Waals surface area (Å²) < 4.78 is 48.4. The monoisotopic (exact) mass is 536 g/mol. The van der Waals surface area contributed by atoms with E-state index in [9.17, 15) is 18.0 Å². The molecule has 36 heavy (non-hydrogen) atoms. The normalized spacial score (nSPS) is 11.7. The summed E-state index contributed by atoms with van der Waals surface area (Å²) in [6.07, 6.45) is 0.288. The smallest absolute Gasteiger partial charge is 0.417 e. The topological polar surface area (TPSA) is 66.5 Å². The summed E-state index contributed by atoms with van der Waals surface area (Å²) in [6.45, 7) is 2.49. The lowest BCUT2D eigenvalue weighted by atomic mass is 10.2. The van der Waals surface area contributed by atoms with E-state index >= 15 is 0 Å². The average Bonchev–Trinajstić information content (AvgIpc) is 2.80. The highest BCUT2D eigenvalue weighted by Crippen LogP contribution is 2.38. The van der Waals surface area contributed by atoms with Crippen molar-refractivity contribution >= 4 is 40.8 Å². The molecule has 11 heteroatoms. The van der Waals surface area contributed by atoms with E-state index in [1.807, 2.05) is 25.9 Å². The predicted molar refractivity (Wildman–Crippen MR) is 138 cm³/mol. The zero-order chi connectivity index (χ0) is 26.3. The van der Waals surface area contributed by atoms with Crippen molar-refractivity contribution in [1.29, 1.82) is 0 Å². The van der Waals surface area contributed by atoms with Crippen LogP contribution in [0, 0.1) is 6.92 Å². The van der Waals surface area contributed by atoms with E-state index in [0.717, 1.165) is 23.6 Å². The Balaban J connectivity index is 1.68. The molecule has 2 aromatic carbocycles. The van der Waals surface area contributed by atoms with E-state index in [-0.39, 0.29) is 16.8 Å². The van der Waals surface area contributed by atoms with Crippen molar-refractivity contribution in [1.82, 2.24) is 9.88 Å². The first-order valence-corrected chi connectivity index (χ1v) is 11.9. The maximum Gasteiger partial charge on any atom is 0.417 e. The number of nitrogens with one attached hydrogen (secondary N) is 2. The molecular formula is C25H24ClF3N4O2S. The lowest BCUT2D eigenvalue weighted by Crippen LogP contribution is -2.12. The Labute approximate surface area is 216 Å². The number of anilines is 2. The Morgan fingerprint density at radius 1 is 1.17 bits per heavy atom. The third kappa shape index (κ3) is 8.18. The predicted octanol–water partition coefficient (Wildman–Crippen LogP) is 7.03. The molecule has 3 rings (SSSR count). The van der Waals surface area contributed by atoms with Crippen LogP contribution in [0.25, 0.3) is 0 Å². The van der Waals surface area contributed by atoms with Crippen molar-refractivity contribution in [3.8, 4) is 11.6 Å². The number of amides is 1. The average molecular weight is 537 g/mol. The summed E-state index contributed by atoms with van der Waals surface area (Å²) >= 11 is 6.68. The molecule has 1 aromatic heterocycles. The van der Waals surface area contributed by atoms with E-state index in [1.54, 1.807) is 42.6 Å². The van der Waals surface area contributed by atoms with Crippen molar-refractivity contribution in [2.24, 2.45) is 0 Å². The number of likely N-dealkylation sites (N-methyl/N-ethyl adjacent to an activating group) is 1. The van der Waals surface area contributed by atoms with Gasteiger partial charge in [-0.1, -0.05) is 17.7 Å². The number of pyridine rings is 1. The highest BCUT2D eigenvalue weighted by Gasteiger charge is 2.33. The van der Waals surface area contributed by atoms with Gasteiger partial charge in [-0.05, 0) is 87.1 Å². The molecule has 6 nitrogen and oxygen atoms in total. The van der Waals surface area contributed by atoms with Crippen molar-refractivity contribution in [3.63, 3.8) is 0 Å². The Morgan fingerprint density at radius 2 is 1.89 bits per heavy atom. The summed E-state index contributed by atoms with van der Waals surface area (Å²) in [7, 11) is 3.82. The number of hydrogen-bond donors (Lipinski definition) is 2. The van der Waals surface area contributed by atoms with Gasteiger partial charge in [-0.25, -0.2) is 4.98 Å². The number of carbonyl (C=O) groups is 1. The zero-order valence-electron chi connectivity index (χ0n) is 19.7. The molecule has 0 radical (unpaired) electrons. The summed E-state index contributed by atoms with van der Waals surface area (Å²) in [5.74, 6) is 0.457. The summed E-state index contributed by atoms with van der Waals surface area (Å²) in [4.78, 5) is 18.5. The molecule has 0 saturated carbocycles. The van der Waals surface area contributed by atoms with Crippen LogP contribution in [-0.4, -0.2) is 36.4 Å². The van der Waals surface area contributed by atoms with Gasteiger partial charge >= 0.3 is 6.18 Å². The van der Waals surface area contributed by atoms with E-state index in [1.165, 1.54) is 18.2 Å². The van der Waals surface area contributed by atoms with E-state index in [4.69, 9.17) is 16.3 Å². The number of halogens is 4. The molecule has 190 valence electrons. The van der Waals surface area contributed by atoms with Crippen molar-refractivity contribution in [3.05, 3.63) is 83.0 Å². The van der Waals surface area contributed by atoms with Crippen LogP contribution in [0.3, 0.4) is 0 Å². The fourth-order valence-corrected chi connectivity index (χ4v) is 3.79. The molecule has 1 heterocycles. The number of carbonyl (C=O) groups excluding carboxylic acids is 1. The van der Waals surface area contributed by atoms with Crippen LogP contribution in [0.2, 0.25) is 5.02 Å². The van der Waals surface area contributed by atoms with Gasteiger partial charge in [0, 0.05) is 29.4 Å². The van der Waals surface area contributed by atoms with Crippen LogP contribution in [0.4, 0.5) is 24.5 Å². The Kier molecular flexibility index (Phi) is 9.25. The minimum Gasteiger partial charge on any atom is -0.437 e. The van der Waals surface area contributed by atoms with Crippen LogP contribution < -0.4 is 14.8 Å². The Bertz CT molecular complexity index is 1230. The molecule has 3 aromatic rings. The largest absolute Gasteiger partial charge is 0.437 e. The molecule has 0 fully saturated rings. The van der Waals surface area contributed by atoms with E-state index < -0.39 is 11.7 Å². The molecule has 0 bridgehead atoms. The fraction of sp³-hybridized carbons (Fsp3) is 0.200. The third-order valence-corrected chi connectivity index (χ3v) is 5.73. The van der Waals surface area contributed by atoms with Crippen LogP contribution in [0.5, 0.6) is 11.6 Å². The third-order valence-electron chi connectivity index (χ3n) is 4.59. The van der Waals surface area contributed by atoms with E-state index in [2.05, 4.69) is 15.0 Å². The number of nitrogens with zero attached hydrogens (tertiary/aromatic N) is 2. The van der Waals surface area contributed by atoms with Crippen LogP contribution in [0.15, 0.2) is 71.8 Å². The Morgan fingerprint density at radius 3 is 2.56 bits per heavy atom. The molecule has 0 spiro atoms. The molecular weight excluding hydrogens is 513 g/mol. The summed E-state index contributed by atoms with van der Waals surface area (Å²) in [5, 5.41) is 2.40. The van der Waals surface area contributed by atoms with Gasteiger partial charge in [0.1, 0.15) is 11.4 Å². The quantitative estimate of drug-likeness (QED) is 0.226. The molecule has 0 aliphatic heterocycles. The Hall–Kier alpha value is -3.21. The van der Waals surface area contributed by atoms with Gasteiger partial charge in [-0.3, -0.25) is 4.79 Å². The maximum absolute atomic E-state index is 13.2.